The molecule has 0 aliphatic rings. The molecule has 0 aromatic carbocycles. The molecular weight excluding hydrogens is 152 g/mol. The van der Waals surface area contributed by atoms with Gasteiger partial charge in [0.05, 0.1) is 6.61 Å². The molecule has 0 aliphatic heterocycles. The van der Waals surface area contributed by atoms with Crippen LogP contribution in [0.25, 0.3) is 0 Å². The summed E-state index contributed by atoms with van der Waals surface area (Å²) in [5.41, 5.74) is 1.38. The maximum absolute atomic E-state index is 8.74. The molecule has 0 atom stereocenters. The lowest BCUT2D eigenvalue weighted by Crippen LogP contribution is -2.07. The molecule has 0 bridgehead atoms. The fraction of sp³-hybridized carbons (Fsp3) is 0.800. The highest BCUT2D eigenvalue weighted by atomic mass is 16.3. The molecule has 0 spiro atoms. The van der Waals surface area contributed by atoms with E-state index in [4.69, 9.17) is 10.2 Å². The average Bonchev–Trinajstić information content (AvgIpc) is 1.84. The van der Waals surface area contributed by atoms with Gasteiger partial charge in [-0.25, -0.2) is 0 Å². The Morgan fingerprint density at radius 3 is 2.17 bits per heavy atom. The van der Waals surface area contributed by atoms with Crippen molar-refractivity contribution in [3.8, 4) is 0 Å². The van der Waals surface area contributed by atoms with Crippen molar-refractivity contribution in [2.24, 2.45) is 5.41 Å². The molecule has 0 aromatic rings. The summed E-state index contributed by atoms with van der Waals surface area (Å²) in [4.78, 5) is 0. The van der Waals surface area contributed by atoms with Crippen LogP contribution in [0.1, 0.15) is 33.6 Å². The molecule has 0 unspecified atom stereocenters. The Labute approximate surface area is 74.9 Å². The predicted molar refractivity (Wildman–Crippen MR) is 50.9 cm³/mol. The molecule has 0 heterocycles. The Bertz CT molecular complexity index is 142. The topological polar surface area (TPSA) is 40.5 Å². The Morgan fingerprint density at radius 2 is 1.83 bits per heavy atom. The van der Waals surface area contributed by atoms with Crippen LogP contribution in [0.4, 0.5) is 0 Å². The second kappa shape index (κ2) is 5.33. The van der Waals surface area contributed by atoms with Crippen LogP contribution in [-0.4, -0.2) is 23.4 Å². The predicted octanol–water partition coefficient (Wildman–Crippen LogP) is 1.72. The molecule has 0 saturated heterocycles. The van der Waals surface area contributed by atoms with Crippen molar-refractivity contribution in [1.29, 1.82) is 0 Å². The van der Waals surface area contributed by atoms with E-state index in [1.807, 2.05) is 0 Å². The van der Waals surface area contributed by atoms with Crippen LogP contribution in [0.5, 0.6) is 0 Å². The number of hydrogen-bond donors (Lipinski definition) is 2. The lowest BCUT2D eigenvalue weighted by Gasteiger charge is -2.19. The minimum absolute atomic E-state index is 0.0748. The summed E-state index contributed by atoms with van der Waals surface area (Å²) >= 11 is 0. The Hall–Kier alpha value is -0.340. The third-order valence-corrected chi connectivity index (χ3v) is 1.57. The van der Waals surface area contributed by atoms with Gasteiger partial charge in [0, 0.05) is 6.61 Å². The molecule has 12 heavy (non-hydrogen) atoms. The first-order valence-electron chi connectivity index (χ1n) is 4.39. The van der Waals surface area contributed by atoms with Crippen LogP contribution < -0.4 is 0 Å². The normalized spacial score (nSPS) is 13.6. The van der Waals surface area contributed by atoms with Crippen LogP contribution in [0, 0.1) is 5.41 Å². The van der Waals surface area contributed by atoms with Crippen molar-refractivity contribution in [2.45, 2.75) is 33.6 Å². The number of rotatable bonds is 4. The molecule has 2 heteroatoms. The van der Waals surface area contributed by atoms with Crippen molar-refractivity contribution in [2.75, 3.05) is 13.2 Å². The minimum atomic E-state index is 0.0748. The van der Waals surface area contributed by atoms with Crippen LogP contribution >= 0.6 is 0 Å². The lowest BCUT2D eigenvalue weighted by molar-refractivity contribution is 0.289. The second-order valence-corrected chi connectivity index (χ2v) is 4.26. The molecule has 0 fully saturated rings. The zero-order valence-electron chi connectivity index (χ0n) is 8.30. The molecule has 72 valence electrons. The van der Waals surface area contributed by atoms with E-state index in [1.54, 1.807) is 6.08 Å². The summed E-state index contributed by atoms with van der Waals surface area (Å²) in [5, 5.41) is 17.4. The highest BCUT2D eigenvalue weighted by Crippen LogP contribution is 2.25. The standard InChI is InChI=1S/C10H20O2/c1-10(2,3)8-9(4-6-11)5-7-12/h4,11-12H,5-8H2,1-3H3/b9-4-. The third-order valence-electron chi connectivity index (χ3n) is 1.57. The first-order valence-corrected chi connectivity index (χ1v) is 4.39. The van der Waals surface area contributed by atoms with Gasteiger partial charge in [-0.05, 0) is 18.3 Å². The average molecular weight is 172 g/mol. The summed E-state index contributed by atoms with van der Waals surface area (Å²) in [6, 6.07) is 0. The molecule has 0 aromatic heterocycles. The molecular formula is C10H20O2. The number of aliphatic hydroxyl groups is 2. The highest BCUT2D eigenvalue weighted by molar-refractivity contribution is 5.04. The first-order chi connectivity index (χ1) is 5.49. The van der Waals surface area contributed by atoms with Gasteiger partial charge in [-0.2, -0.15) is 0 Å². The smallest absolute Gasteiger partial charge is 0.0615 e. The Kier molecular flexibility index (Phi) is 5.18. The second-order valence-electron chi connectivity index (χ2n) is 4.26. The Morgan fingerprint density at radius 1 is 1.25 bits per heavy atom. The highest BCUT2D eigenvalue weighted by Gasteiger charge is 2.12. The van der Waals surface area contributed by atoms with E-state index < -0.39 is 0 Å². The van der Waals surface area contributed by atoms with E-state index in [2.05, 4.69) is 20.8 Å². The largest absolute Gasteiger partial charge is 0.396 e. The quantitative estimate of drug-likeness (QED) is 0.634. The zero-order chi connectivity index (χ0) is 9.61. The van der Waals surface area contributed by atoms with Gasteiger partial charge in [0.2, 0.25) is 0 Å². The summed E-state index contributed by atoms with van der Waals surface area (Å²) in [6.07, 6.45) is 3.41. The van der Waals surface area contributed by atoms with Gasteiger partial charge in [0.25, 0.3) is 0 Å². The number of aliphatic hydroxyl groups excluding tert-OH is 2. The summed E-state index contributed by atoms with van der Waals surface area (Å²) < 4.78 is 0. The van der Waals surface area contributed by atoms with Crippen molar-refractivity contribution < 1.29 is 10.2 Å². The van der Waals surface area contributed by atoms with E-state index in [-0.39, 0.29) is 18.6 Å². The molecule has 2 N–H and O–H groups in total. The van der Waals surface area contributed by atoms with Gasteiger partial charge in [-0.1, -0.05) is 32.4 Å². The van der Waals surface area contributed by atoms with Crippen molar-refractivity contribution in [1.82, 2.24) is 0 Å². The zero-order valence-corrected chi connectivity index (χ0v) is 8.30. The van der Waals surface area contributed by atoms with Crippen molar-refractivity contribution >= 4 is 0 Å². The summed E-state index contributed by atoms with van der Waals surface area (Å²) in [5.74, 6) is 0. The fourth-order valence-electron chi connectivity index (χ4n) is 1.22. The molecule has 0 saturated carbocycles. The van der Waals surface area contributed by atoms with Gasteiger partial charge in [0.15, 0.2) is 0 Å². The first kappa shape index (κ1) is 11.7. The lowest BCUT2D eigenvalue weighted by atomic mass is 9.87. The van der Waals surface area contributed by atoms with E-state index in [9.17, 15) is 0 Å². The van der Waals surface area contributed by atoms with Crippen LogP contribution in [0.3, 0.4) is 0 Å². The van der Waals surface area contributed by atoms with Gasteiger partial charge in [-0.15, -0.1) is 0 Å². The SMILES string of the molecule is CC(C)(C)C/C(=C\CO)CCO. The van der Waals surface area contributed by atoms with Gasteiger partial charge >= 0.3 is 0 Å². The maximum Gasteiger partial charge on any atom is 0.0615 e. The fourth-order valence-corrected chi connectivity index (χ4v) is 1.22. The minimum Gasteiger partial charge on any atom is -0.396 e. The van der Waals surface area contributed by atoms with E-state index in [0.717, 1.165) is 12.0 Å². The maximum atomic E-state index is 8.74. The van der Waals surface area contributed by atoms with Gasteiger partial charge < -0.3 is 10.2 Å². The third kappa shape index (κ3) is 6.38. The van der Waals surface area contributed by atoms with Gasteiger partial charge in [0.1, 0.15) is 0 Å². The van der Waals surface area contributed by atoms with E-state index in [1.165, 1.54) is 0 Å². The van der Waals surface area contributed by atoms with Crippen molar-refractivity contribution in [3.05, 3.63) is 11.6 Å². The summed E-state index contributed by atoms with van der Waals surface area (Å²) in [7, 11) is 0. The van der Waals surface area contributed by atoms with E-state index in [0.29, 0.717) is 6.42 Å². The Balaban J connectivity index is 4.05. The molecule has 0 rings (SSSR count). The molecule has 2 nitrogen and oxygen atoms in total. The van der Waals surface area contributed by atoms with Gasteiger partial charge in [-0.3, -0.25) is 0 Å². The summed E-state index contributed by atoms with van der Waals surface area (Å²) in [6.45, 7) is 6.69. The number of hydrogen-bond acceptors (Lipinski definition) is 2. The van der Waals surface area contributed by atoms with E-state index >= 15 is 0 Å². The monoisotopic (exact) mass is 172 g/mol. The molecule has 0 aliphatic carbocycles. The van der Waals surface area contributed by atoms with Crippen LogP contribution in [0.15, 0.2) is 11.6 Å². The van der Waals surface area contributed by atoms with Crippen LogP contribution in [0.2, 0.25) is 0 Å². The van der Waals surface area contributed by atoms with Crippen LogP contribution in [-0.2, 0) is 0 Å². The van der Waals surface area contributed by atoms with Crippen molar-refractivity contribution in [3.63, 3.8) is 0 Å². The molecule has 0 radical (unpaired) electrons. The molecule has 0 amide bonds.